The Morgan fingerprint density at radius 2 is 1.93 bits per heavy atom. The Morgan fingerprint density at radius 1 is 1.27 bits per heavy atom. The first-order valence-corrected chi connectivity index (χ1v) is 5.61. The Labute approximate surface area is 90.7 Å². The summed E-state index contributed by atoms with van der Waals surface area (Å²) in [6.07, 6.45) is 4.88. The van der Waals surface area contributed by atoms with Gasteiger partial charge in [-0.2, -0.15) is 0 Å². The number of rotatable bonds is 3. The Kier molecular flexibility index (Phi) is 3.64. The van der Waals surface area contributed by atoms with Gasteiger partial charge in [-0.3, -0.25) is 4.90 Å². The standard InChI is InChI=1S/C11H18N4/c1-2-10-7-13-11(14-8-10)9-15-5-3-12-4-6-15/h7-8,12H,2-6,9H2,1H3. The van der Waals surface area contributed by atoms with Crippen LogP contribution in [0.15, 0.2) is 12.4 Å². The smallest absolute Gasteiger partial charge is 0.142 e. The number of nitrogens with zero attached hydrogens (tertiary/aromatic N) is 3. The fourth-order valence-electron chi connectivity index (χ4n) is 1.71. The summed E-state index contributed by atoms with van der Waals surface area (Å²) in [6, 6.07) is 0. The topological polar surface area (TPSA) is 41.1 Å². The highest BCUT2D eigenvalue weighted by Crippen LogP contribution is 2.01. The van der Waals surface area contributed by atoms with E-state index in [4.69, 9.17) is 0 Å². The summed E-state index contributed by atoms with van der Waals surface area (Å²) in [4.78, 5) is 11.1. The summed E-state index contributed by atoms with van der Waals surface area (Å²) in [5.41, 5.74) is 1.21. The minimum absolute atomic E-state index is 0.881. The van der Waals surface area contributed by atoms with E-state index in [-0.39, 0.29) is 0 Å². The number of piperazine rings is 1. The molecular formula is C11H18N4. The summed E-state index contributed by atoms with van der Waals surface area (Å²) in [5, 5.41) is 3.34. The molecule has 0 atom stereocenters. The predicted octanol–water partition coefficient (Wildman–Crippen LogP) is 0.444. The highest BCUT2D eigenvalue weighted by Gasteiger charge is 2.10. The maximum Gasteiger partial charge on any atom is 0.142 e. The van der Waals surface area contributed by atoms with Crippen molar-refractivity contribution >= 4 is 0 Å². The van der Waals surface area contributed by atoms with Crippen molar-refractivity contribution in [3.8, 4) is 0 Å². The second-order valence-electron chi connectivity index (χ2n) is 3.89. The molecule has 0 spiro atoms. The molecule has 0 amide bonds. The monoisotopic (exact) mass is 206 g/mol. The summed E-state index contributed by atoms with van der Waals surface area (Å²) < 4.78 is 0. The predicted molar refractivity (Wildman–Crippen MR) is 59.6 cm³/mol. The minimum Gasteiger partial charge on any atom is -0.314 e. The van der Waals surface area contributed by atoms with Gasteiger partial charge in [0.1, 0.15) is 5.82 Å². The largest absolute Gasteiger partial charge is 0.314 e. The molecule has 1 aromatic heterocycles. The summed E-state index contributed by atoms with van der Waals surface area (Å²) in [7, 11) is 0. The number of aryl methyl sites for hydroxylation is 1. The van der Waals surface area contributed by atoms with Crippen LogP contribution < -0.4 is 5.32 Å². The van der Waals surface area contributed by atoms with Crippen molar-refractivity contribution < 1.29 is 0 Å². The van der Waals surface area contributed by atoms with Crippen molar-refractivity contribution in [3.05, 3.63) is 23.8 Å². The third-order valence-electron chi connectivity index (χ3n) is 2.74. The van der Waals surface area contributed by atoms with Crippen molar-refractivity contribution in [2.24, 2.45) is 0 Å². The summed E-state index contributed by atoms with van der Waals surface area (Å²) >= 11 is 0. The van der Waals surface area contributed by atoms with Crippen LogP contribution in [0.25, 0.3) is 0 Å². The van der Waals surface area contributed by atoms with Gasteiger partial charge in [-0.1, -0.05) is 6.92 Å². The number of aromatic nitrogens is 2. The van der Waals surface area contributed by atoms with Crippen LogP contribution in [0.5, 0.6) is 0 Å². The van der Waals surface area contributed by atoms with Gasteiger partial charge in [0.05, 0.1) is 6.54 Å². The molecule has 0 saturated carbocycles. The molecule has 4 heteroatoms. The normalized spacial score (nSPS) is 17.9. The van der Waals surface area contributed by atoms with Crippen molar-refractivity contribution in [2.45, 2.75) is 19.9 Å². The van der Waals surface area contributed by atoms with Gasteiger partial charge in [-0.05, 0) is 12.0 Å². The average Bonchev–Trinajstić information content (AvgIpc) is 2.31. The maximum absolute atomic E-state index is 4.37. The Hall–Kier alpha value is -1.00. The van der Waals surface area contributed by atoms with Crippen LogP contribution in [0.1, 0.15) is 18.3 Å². The van der Waals surface area contributed by atoms with E-state index in [1.807, 2.05) is 12.4 Å². The molecule has 1 fully saturated rings. The lowest BCUT2D eigenvalue weighted by Crippen LogP contribution is -2.43. The molecule has 4 nitrogen and oxygen atoms in total. The molecule has 1 aliphatic rings. The zero-order valence-corrected chi connectivity index (χ0v) is 9.24. The number of hydrogen-bond donors (Lipinski definition) is 1. The summed E-state index contributed by atoms with van der Waals surface area (Å²) in [6.45, 7) is 7.35. The molecule has 0 aromatic carbocycles. The maximum atomic E-state index is 4.37. The lowest BCUT2D eigenvalue weighted by molar-refractivity contribution is 0.228. The number of hydrogen-bond acceptors (Lipinski definition) is 4. The molecule has 2 heterocycles. The van der Waals surface area contributed by atoms with Gasteiger partial charge in [-0.25, -0.2) is 9.97 Å². The van der Waals surface area contributed by atoms with Gasteiger partial charge in [0.2, 0.25) is 0 Å². The zero-order valence-electron chi connectivity index (χ0n) is 9.24. The van der Waals surface area contributed by atoms with E-state index in [2.05, 4.69) is 27.1 Å². The van der Waals surface area contributed by atoms with Gasteiger partial charge in [0.25, 0.3) is 0 Å². The molecule has 1 aromatic rings. The Bertz CT molecular complexity index is 290. The van der Waals surface area contributed by atoms with E-state index >= 15 is 0 Å². The first-order chi connectivity index (χ1) is 7.38. The van der Waals surface area contributed by atoms with Gasteiger partial charge in [-0.15, -0.1) is 0 Å². The minimum atomic E-state index is 0.881. The van der Waals surface area contributed by atoms with E-state index in [0.29, 0.717) is 0 Å². The van der Waals surface area contributed by atoms with Gasteiger partial charge in [0, 0.05) is 38.6 Å². The number of nitrogens with one attached hydrogen (secondary N) is 1. The first kappa shape index (κ1) is 10.5. The van der Waals surface area contributed by atoms with Crippen molar-refractivity contribution in [3.63, 3.8) is 0 Å². The zero-order chi connectivity index (χ0) is 10.5. The van der Waals surface area contributed by atoms with Crippen molar-refractivity contribution in [1.29, 1.82) is 0 Å². The van der Waals surface area contributed by atoms with E-state index in [9.17, 15) is 0 Å². The molecule has 1 saturated heterocycles. The quantitative estimate of drug-likeness (QED) is 0.779. The van der Waals surface area contributed by atoms with Crippen LogP contribution >= 0.6 is 0 Å². The SMILES string of the molecule is CCc1cnc(CN2CCNCC2)nc1. The fraction of sp³-hybridized carbons (Fsp3) is 0.636. The van der Waals surface area contributed by atoms with Crippen LogP contribution in [0.4, 0.5) is 0 Å². The van der Waals surface area contributed by atoms with Crippen molar-refractivity contribution in [2.75, 3.05) is 26.2 Å². The molecule has 15 heavy (non-hydrogen) atoms. The van der Waals surface area contributed by atoms with Crippen LogP contribution in [-0.2, 0) is 13.0 Å². The van der Waals surface area contributed by atoms with Crippen LogP contribution in [0.2, 0.25) is 0 Å². The van der Waals surface area contributed by atoms with E-state index in [0.717, 1.165) is 45.0 Å². The lowest BCUT2D eigenvalue weighted by atomic mass is 10.3. The third-order valence-corrected chi connectivity index (χ3v) is 2.74. The van der Waals surface area contributed by atoms with Gasteiger partial charge < -0.3 is 5.32 Å². The molecule has 1 aliphatic heterocycles. The molecule has 82 valence electrons. The van der Waals surface area contributed by atoms with Gasteiger partial charge >= 0.3 is 0 Å². The second-order valence-corrected chi connectivity index (χ2v) is 3.89. The molecule has 2 rings (SSSR count). The first-order valence-electron chi connectivity index (χ1n) is 5.61. The van der Waals surface area contributed by atoms with E-state index < -0.39 is 0 Å². The lowest BCUT2D eigenvalue weighted by Gasteiger charge is -2.26. The second kappa shape index (κ2) is 5.19. The molecule has 0 unspecified atom stereocenters. The third kappa shape index (κ3) is 2.97. The molecule has 0 aliphatic carbocycles. The van der Waals surface area contributed by atoms with E-state index in [1.165, 1.54) is 5.56 Å². The van der Waals surface area contributed by atoms with Crippen molar-refractivity contribution in [1.82, 2.24) is 20.2 Å². The fourth-order valence-corrected chi connectivity index (χ4v) is 1.71. The van der Waals surface area contributed by atoms with Crippen LogP contribution in [0.3, 0.4) is 0 Å². The van der Waals surface area contributed by atoms with Crippen LogP contribution in [-0.4, -0.2) is 41.0 Å². The molecule has 0 radical (unpaired) electrons. The molecule has 1 N–H and O–H groups in total. The molecule has 0 bridgehead atoms. The summed E-state index contributed by atoms with van der Waals surface area (Å²) in [5.74, 6) is 0.939. The highest BCUT2D eigenvalue weighted by molar-refractivity contribution is 5.04. The highest BCUT2D eigenvalue weighted by atomic mass is 15.2. The Balaban J connectivity index is 1.91. The van der Waals surface area contributed by atoms with Crippen LogP contribution in [0, 0.1) is 0 Å². The van der Waals surface area contributed by atoms with Gasteiger partial charge in [0.15, 0.2) is 0 Å². The molecular weight excluding hydrogens is 188 g/mol. The average molecular weight is 206 g/mol. The van der Waals surface area contributed by atoms with E-state index in [1.54, 1.807) is 0 Å². The Morgan fingerprint density at radius 3 is 2.53 bits per heavy atom.